The molecule has 1 amide bonds. The lowest BCUT2D eigenvalue weighted by Gasteiger charge is -2.17. The number of aromatic nitrogens is 1. The summed E-state index contributed by atoms with van der Waals surface area (Å²) in [5.41, 5.74) is 7.97. The molecule has 2 rings (SSSR count). The van der Waals surface area contributed by atoms with Gasteiger partial charge in [0.15, 0.2) is 0 Å². The second-order valence-electron chi connectivity index (χ2n) is 4.81. The second kappa shape index (κ2) is 8.39. The molecule has 4 nitrogen and oxygen atoms in total. The van der Waals surface area contributed by atoms with E-state index in [1.165, 1.54) is 0 Å². The molecule has 0 bridgehead atoms. The average Bonchev–Trinajstić information content (AvgIpc) is 2.49. The number of halogens is 1. The van der Waals surface area contributed by atoms with E-state index in [1.54, 1.807) is 12.4 Å². The van der Waals surface area contributed by atoms with Crippen LogP contribution >= 0.6 is 12.4 Å². The van der Waals surface area contributed by atoms with Gasteiger partial charge in [0.1, 0.15) is 0 Å². The van der Waals surface area contributed by atoms with Crippen LogP contribution in [0.3, 0.4) is 0 Å². The van der Waals surface area contributed by atoms with Crippen molar-refractivity contribution in [3.63, 3.8) is 0 Å². The van der Waals surface area contributed by atoms with Crippen molar-refractivity contribution < 1.29 is 4.79 Å². The van der Waals surface area contributed by atoms with Gasteiger partial charge in [-0.2, -0.15) is 0 Å². The molecule has 0 saturated carbocycles. The van der Waals surface area contributed by atoms with E-state index >= 15 is 0 Å². The van der Waals surface area contributed by atoms with Crippen molar-refractivity contribution in [1.29, 1.82) is 0 Å². The number of pyridine rings is 1. The Hall–Kier alpha value is -1.91. The Bertz CT molecular complexity index is 548. The van der Waals surface area contributed by atoms with E-state index in [4.69, 9.17) is 5.73 Å². The molecule has 5 heteroatoms. The van der Waals surface area contributed by atoms with Crippen LogP contribution in [0.1, 0.15) is 24.1 Å². The zero-order valence-electron chi connectivity index (χ0n) is 11.9. The largest absolute Gasteiger partial charge is 0.348 e. The van der Waals surface area contributed by atoms with E-state index in [2.05, 4.69) is 10.3 Å². The number of hydrogen-bond donors (Lipinski definition) is 2. The minimum Gasteiger partial charge on any atom is -0.348 e. The molecule has 2 atom stereocenters. The fraction of sp³-hybridized carbons (Fsp3) is 0.250. The van der Waals surface area contributed by atoms with Gasteiger partial charge in [0.2, 0.25) is 5.91 Å². The standard InChI is InChI=1S/C16H19N3O.ClH/c1-12(14-8-5-9-18-11-14)19-16(20)15(17)10-13-6-3-2-4-7-13;/h2-9,11-12,15H,10,17H2,1H3,(H,19,20);1H/t12?,15-;/m0./s1. The summed E-state index contributed by atoms with van der Waals surface area (Å²) in [7, 11) is 0. The predicted octanol–water partition coefficient (Wildman–Crippen LogP) is 2.25. The van der Waals surface area contributed by atoms with E-state index in [-0.39, 0.29) is 24.4 Å². The first-order chi connectivity index (χ1) is 9.66. The van der Waals surface area contributed by atoms with Gasteiger partial charge in [-0.25, -0.2) is 0 Å². The zero-order valence-corrected chi connectivity index (χ0v) is 12.7. The molecular weight excluding hydrogens is 286 g/mol. The van der Waals surface area contributed by atoms with Gasteiger partial charge < -0.3 is 11.1 Å². The van der Waals surface area contributed by atoms with Gasteiger partial charge >= 0.3 is 0 Å². The molecule has 0 saturated heterocycles. The molecule has 2 aromatic rings. The highest BCUT2D eigenvalue weighted by molar-refractivity contribution is 5.85. The molecule has 1 unspecified atom stereocenters. The second-order valence-corrected chi connectivity index (χ2v) is 4.81. The molecule has 1 heterocycles. The molecule has 21 heavy (non-hydrogen) atoms. The van der Waals surface area contributed by atoms with Gasteiger partial charge in [-0.15, -0.1) is 12.4 Å². The Morgan fingerprint density at radius 1 is 1.24 bits per heavy atom. The summed E-state index contributed by atoms with van der Waals surface area (Å²) < 4.78 is 0. The first kappa shape index (κ1) is 17.1. The molecule has 0 aliphatic carbocycles. The average molecular weight is 306 g/mol. The normalized spacial score (nSPS) is 12.9. The number of rotatable bonds is 5. The van der Waals surface area contributed by atoms with Crippen LogP contribution in [-0.4, -0.2) is 16.9 Å². The summed E-state index contributed by atoms with van der Waals surface area (Å²) in [4.78, 5) is 16.1. The lowest BCUT2D eigenvalue weighted by atomic mass is 10.1. The maximum Gasteiger partial charge on any atom is 0.237 e. The van der Waals surface area contributed by atoms with Crippen LogP contribution in [0.2, 0.25) is 0 Å². The number of nitrogens with two attached hydrogens (primary N) is 1. The van der Waals surface area contributed by atoms with Crippen LogP contribution in [0, 0.1) is 0 Å². The predicted molar refractivity (Wildman–Crippen MR) is 86.2 cm³/mol. The summed E-state index contributed by atoms with van der Waals surface area (Å²) in [5.74, 6) is -0.148. The van der Waals surface area contributed by atoms with Crippen LogP contribution in [0.25, 0.3) is 0 Å². The minimum atomic E-state index is -0.545. The third-order valence-electron chi connectivity index (χ3n) is 3.18. The Morgan fingerprint density at radius 3 is 2.57 bits per heavy atom. The molecule has 3 N–H and O–H groups in total. The Labute approximate surface area is 131 Å². The first-order valence-electron chi connectivity index (χ1n) is 6.66. The maximum absolute atomic E-state index is 12.1. The molecule has 0 spiro atoms. The van der Waals surface area contributed by atoms with Gasteiger partial charge in [0, 0.05) is 12.4 Å². The van der Waals surface area contributed by atoms with E-state index < -0.39 is 6.04 Å². The fourth-order valence-corrected chi connectivity index (χ4v) is 2.00. The number of nitrogens with one attached hydrogen (secondary N) is 1. The number of amides is 1. The third kappa shape index (κ3) is 5.17. The summed E-state index contributed by atoms with van der Waals surface area (Å²) in [6.07, 6.45) is 3.99. The number of carbonyl (C=O) groups is 1. The lowest BCUT2D eigenvalue weighted by Crippen LogP contribution is -2.42. The van der Waals surface area contributed by atoms with Crippen LogP contribution in [-0.2, 0) is 11.2 Å². The molecule has 0 radical (unpaired) electrons. The maximum atomic E-state index is 12.1. The van der Waals surface area contributed by atoms with E-state index in [0.717, 1.165) is 11.1 Å². The molecule has 112 valence electrons. The van der Waals surface area contributed by atoms with Crippen LogP contribution in [0.15, 0.2) is 54.9 Å². The fourth-order valence-electron chi connectivity index (χ4n) is 2.00. The van der Waals surface area contributed by atoms with Crippen molar-refractivity contribution in [3.05, 3.63) is 66.0 Å². The molecule has 1 aromatic heterocycles. The monoisotopic (exact) mass is 305 g/mol. The summed E-state index contributed by atoms with van der Waals surface area (Å²) >= 11 is 0. The van der Waals surface area contributed by atoms with Crippen molar-refractivity contribution in [2.45, 2.75) is 25.4 Å². The van der Waals surface area contributed by atoms with Crippen LogP contribution in [0.5, 0.6) is 0 Å². The highest BCUT2D eigenvalue weighted by Gasteiger charge is 2.16. The first-order valence-corrected chi connectivity index (χ1v) is 6.66. The molecule has 0 aliphatic rings. The van der Waals surface area contributed by atoms with E-state index in [1.807, 2.05) is 49.4 Å². The number of carbonyl (C=O) groups excluding carboxylic acids is 1. The lowest BCUT2D eigenvalue weighted by molar-refractivity contribution is -0.123. The number of benzene rings is 1. The highest BCUT2D eigenvalue weighted by Crippen LogP contribution is 2.10. The van der Waals surface area contributed by atoms with Gasteiger partial charge in [-0.3, -0.25) is 9.78 Å². The van der Waals surface area contributed by atoms with E-state index in [0.29, 0.717) is 6.42 Å². The molecule has 0 fully saturated rings. The Kier molecular flexibility index (Phi) is 6.85. The topological polar surface area (TPSA) is 68.0 Å². The smallest absolute Gasteiger partial charge is 0.237 e. The summed E-state index contributed by atoms with van der Waals surface area (Å²) in [6, 6.07) is 12.9. The SMILES string of the molecule is CC(NC(=O)[C@@H](N)Cc1ccccc1)c1cccnc1.Cl. The molecule has 1 aromatic carbocycles. The Balaban J connectivity index is 0.00000220. The molecule has 0 aliphatic heterocycles. The molecular formula is C16H20ClN3O. The highest BCUT2D eigenvalue weighted by atomic mass is 35.5. The number of hydrogen-bond acceptors (Lipinski definition) is 3. The number of nitrogens with zero attached hydrogens (tertiary/aromatic N) is 1. The van der Waals surface area contributed by atoms with Gasteiger partial charge in [0.25, 0.3) is 0 Å². The van der Waals surface area contributed by atoms with Crippen molar-refractivity contribution >= 4 is 18.3 Å². The van der Waals surface area contributed by atoms with Crippen molar-refractivity contribution in [1.82, 2.24) is 10.3 Å². The third-order valence-corrected chi connectivity index (χ3v) is 3.18. The summed E-state index contributed by atoms with van der Waals surface area (Å²) in [5, 5.41) is 2.91. The van der Waals surface area contributed by atoms with Crippen molar-refractivity contribution in [2.24, 2.45) is 5.73 Å². The van der Waals surface area contributed by atoms with Gasteiger partial charge in [-0.1, -0.05) is 36.4 Å². The van der Waals surface area contributed by atoms with Crippen molar-refractivity contribution in [2.75, 3.05) is 0 Å². The quantitative estimate of drug-likeness (QED) is 0.890. The van der Waals surface area contributed by atoms with Crippen molar-refractivity contribution in [3.8, 4) is 0 Å². The van der Waals surface area contributed by atoms with Crippen LogP contribution < -0.4 is 11.1 Å². The van der Waals surface area contributed by atoms with E-state index in [9.17, 15) is 4.79 Å². The Morgan fingerprint density at radius 2 is 1.95 bits per heavy atom. The summed E-state index contributed by atoms with van der Waals surface area (Å²) in [6.45, 7) is 1.92. The van der Waals surface area contributed by atoms with Crippen LogP contribution in [0.4, 0.5) is 0 Å². The zero-order chi connectivity index (χ0) is 14.4. The van der Waals surface area contributed by atoms with Gasteiger partial charge in [-0.05, 0) is 30.5 Å². The minimum absolute atomic E-state index is 0. The van der Waals surface area contributed by atoms with Gasteiger partial charge in [0.05, 0.1) is 12.1 Å².